The Kier molecular flexibility index (Phi) is 5.25. The highest BCUT2D eigenvalue weighted by Crippen LogP contribution is 2.33. The molecule has 2 aliphatic heterocycles. The minimum Gasteiger partial charge on any atom is -0.390 e. The molecule has 0 saturated carbocycles. The third-order valence-electron chi connectivity index (χ3n) is 5.58. The Morgan fingerprint density at radius 1 is 1.26 bits per heavy atom. The van der Waals surface area contributed by atoms with Gasteiger partial charge in [0.1, 0.15) is 5.04 Å². The number of aliphatic hydroxyl groups is 1. The average Bonchev–Trinajstić information content (AvgIpc) is 3.39. The maximum Gasteiger partial charge on any atom is 0.281 e. The minimum absolute atomic E-state index is 0.0101. The lowest BCUT2D eigenvalue weighted by molar-refractivity contribution is 0.00320. The number of sulfonamides is 1. The van der Waals surface area contributed by atoms with Crippen molar-refractivity contribution in [3.05, 3.63) is 54.4 Å². The maximum absolute atomic E-state index is 13.0. The summed E-state index contributed by atoms with van der Waals surface area (Å²) < 4.78 is 27.3. The first-order chi connectivity index (χ1) is 14.9. The van der Waals surface area contributed by atoms with E-state index in [2.05, 4.69) is 14.9 Å². The second kappa shape index (κ2) is 7.94. The van der Waals surface area contributed by atoms with Gasteiger partial charge in [-0.3, -0.25) is 14.2 Å². The fraction of sp³-hybridized carbons (Fsp3) is 0.333. The Labute approximate surface area is 185 Å². The molecule has 2 aliphatic rings. The maximum atomic E-state index is 13.0. The summed E-state index contributed by atoms with van der Waals surface area (Å²) in [5.41, 5.74) is 2.20. The third-order valence-corrected chi connectivity index (χ3v) is 8.47. The van der Waals surface area contributed by atoms with E-state index >= 15 is 0 Å². The number of para-hydroxylation sites is 1. The molecular weight excluding hydrogens is 434 g/mol. The quantitative estimate of drug-likeness (QED) is 0.587. The molecule has 3 aromatic rings. The number of fused-ring (bicyclic) bond motifs is 1. The van der Waals surface area contributed by atoms with E-state index in [9.17, 15) is 13.5 Å². The van der Waals surface area contributed by atoms with E-state index in [-0.39, 0.29) is 11.1 Å². The zero-order chi connectivity index (χ0) is 21.6. The molecule has 31 heavy (non-hydrogen) atoms. The van der Waals surface area contributed by atoms with Crippen molar-refractivity contribution in [1.29, 1.82) is 0 Å². The van der Waals surface area contributed by atoms with Gasteiger partial charge >= 0.3 is 0 Å². The highest BCUT2D eigenvalue weighted by atomic mass is 32.2. The zero-order valence-electron chi connectivity index (χ0n) is 17.0. The Balaban J connectivity index is 1.40. The average molecular weight is 458 g/mol. The lowest BCUT2D eigenvalue weighted by atomic mass is 10.1. The highest BCUT2D eigenvalue weighted by molar-refractivity contribution is 8.15. The largest absolute Gasteiger partial charge is 0.390 e. The molecule has 0 bridgehead atoms. The molecule has 2 aromatic heterocycles. The van der Waals surface area contributed by atoms with Gasteiger partial charge in [0.15, 0.2) is 5.03 Å². The van der Waals surface area contributed by atoms with Crippen molar-refractivity contribution in [2.24, 2.45) is 4.99 Å². The van der Waals surface area contributed by atoms with Gasteiger partial charge in [0.25, 0.3) is 10.0 Å². The number of nitrogens with zero attached hydrogens (tertiary/aromatic N) is 4. The molecule has 0 spiro atoms. The number of aromatic amines is 1. The fourth-order valence-corrected chi connectivity index (χ4v) is 6.20. The van der Waals surface area contributed by atoms with E-state index in [0.29, 0.717) is 10.9 Å². The van der Waals surface area contributed by atoms with E-state index in [0.717, 1.165) is 47.8 Å². The van der Waals surface area contributed by atoms with Crippen LogP contribution in [0, 0.1) is 0 Å². The standard InChI is InChI=1S/C21H23N5O3S2/c1-25(31(28,29)19-7-2-3-8-22-19)18-6-4-5-14-9-17(24-20(14)18)21-23-10-16(30-21)13-26-11-15(27)12-26/h2-9,15-16,24,27H,10-13H2,1H3. The van der Waals surface area contributed by atoms with Crippen molar-refractivity contribution in [2.45, 2.75) is 16.4 Å². The first kappa shape index (κ1) is 20.5. The van der Waals surface area contributed by atoms with Crippen LogP contribution < -0.4 is 4.31 Å². The summed E-state index contributed by atoms with van der Waals surface area (Å²) in [6, 6.07) is 12.4. The van der Waals surface area contributed by atoms with Gasteiger partial charge in [0.2, 0.25) is 0 Å². The normalized spacial score (nSPS) is 20.1. The Bertz CT molecular complexity index is 1240. The van der Waals surface area contributed by atoms with E-state index < -0.39 is 10.0 Å². The van der Waals surface area contributed by atoms with E-state index in [4.69, 9.17) is 4.99 Å². The molecule has 1 saturated heterocycles. The number of aliphatic hydroxyl groups excluding tert-OH is 1. The zero-order valence-corrected chi connectivity index (χ0v) is 18.6. The predicted molar refractivity (Wildman–Crippen MR) is 123 cm³/mol. The van der Waals surface area contributed by atoms with Crippen LogP contribution in [-0.4, -0.2) is 78.0 Å². The summed E-state index contributed by atoms with van der Waals surface area (Å²) in [6.07, 6.45) is 1.28. The number of aliphatic imine (C=N–C) groups is 1. The minimum atomic E-state index is -3.78. The predicted octanol–water partition coefficient (Wildman–Crippen LogP) is 1.93. The number of β-amino-alcohol motifs (C(OH)–C–C–N with tert-alkyl or cyclic N) is 1. The molecule has 1 fully saturated rings. The number of likely N-dealkylation sites (tertiary alicyclic amines) is 1. The molecule has 162 valence electrons. The number of pyridine rings is 1. The summed E-state index contributed by atoms with van der Waals surface area (Å²) >= 11 is 1.73. The summed E-state index contributed by atoms with van der Waals surface area (Å²) in [5.74, 6) is 0. The summed E-state index contributed by atoms with van der Waals surface area (Å²) in [6.45, 7) is 3.12. The summed E-state index contributed by atoms with van der Waals surface area (Å²) in [5, 5.41) is 11.7. The molecule has 0 amide bonds. The second-order valence-electron chi connectivity index (χ2n) is 7.82. The molecule has 2 N–H and O–H groups in total. The number of thioether (sulfide) groups is 1. The van der Waals surface area contributed by atoms with Gasteiger partial charge in [-0.15, -0.1) is 0 Å². The monoisotopic (exact) mass is 457 g/mol. The van der Waals surface area contributed by atoms with Crippen LogP contribution in [0.3, 0.4) is 0 Å². The molecular formula is C21H23N5O3S2. The number of hydrogen-bond acceptors (Lipinski definition) is 7. The Morgan fingerprint density at radius 2 is 2.10 bits per heavy atom. The van der Waals surface area contributed by atoms with Gasteiger partial charge < -0.3 is 10.1 Å². The number of H-pyrrole nitrogens is 1. The number of nitrogens with one attached hydrogen (secondary N) is 1. The molecule has 1 aromatic carbocycles. The van der Waals surface area contributed by atoms with Crippen molar-refractivity contribution in [3.8, 4) is 0 Å². The number of hydrogen-bond donors (Lipinski definition) is 2. The van der Waals surface area contributed by atoms with Crippen LogP contribution in [0.2, 0.25) is 0 Å². The van der Waals surface area contributed by atoms with Crippen molar-refractivity contribution < 1.29 is 13.5 Å². The van der Waals surface area contributed by atoms with Crippen LogP contribution >= 0.6 is 11.8 Å². The first-order valence-corrected chi connectivity index (χ1v) is 12.4. The molecule has 4 heterocycles. The third kappa shape index (κ3) is 3.84. The van der Waals surface area contributed by atoms with Crippen molar-refractivity contribution in [1.82, 2.24) is 14.9 Å². The van der Waals surface area contributed by atoms with Crippen molar-refractivity contribution in [3.63, 3.8) is 0 Å². The number of anilines is 1. The lowest BCUT2D eigenvalue weighted by Crippen LogP contribution is -2.52. The topological polar surface area (TPSA) is 102 Å². The van der Waals surface area contributed by atoms with Gasteiger partial charge in [0, 0.05) is 43.5 Å². The molecule has 0 aliphatic carbocycles. The Morgan fingerprint density at radius 3 is 2.84 bits per heavy atom. The van der Waals surface area contributed by atoms with Crippen LogP contribution in [-0.2, 0) is 10.0 Å². The van der Waals surface area contributed by atoms with Crippen LogP contribution in [0.5, 0.6) is 0 Å². The summed E-state index contributed by atoms with van der Waals surface area (Å²) in [7, 11) is -2.24. The van der Waals surface area contributed by atoms with Gasteiger partial charge in [-0.1, -0.05) is 30.0 Å². The van der Waals surface area contributed by atoms with Gasteiger partial charge in [-0.2, -0.15) is 8.42 Å². The lowest BCUT2D eigenvalue weighted by Gasteiger charge is -2.37. The molecule has 10 heteroatoms. The van der Waals surface area contributed by atoms with E-state index in [1.165, 1.54) is 16.6 Å². The van der Waals surface area contributed by atoms with Crippen LogP contribution in [0.4, 0.5) is 5.69 Å². The molecule has 5 rings (SSSR count). The summed E-state index contributed by atoms with van der Waals surface area (Å²) in [4.78, 5) is 14.3. The van der Waals surface area contributed by atoms with Crippen molar-refractivity contribution >= 4 is 43.4 Å². The first-order valence-electron chi connectivity index (χ1n) is 10.1. The number of rotatable bonds is 6. The molecule has 1 unspecified atom stereocenters. The van der Waals surface area contributed by atoms with Gasteiger partial charge in [-0.05, 0) is 24.3 Å². The number of aromatic nitrogens is 2. The highest BCUT2D eigenvalue weighted by Gasteiger charge is 2.30. The smallest absolute Gasteiger partial charge is 0.281 e. The van der Waals surface area contributed by atoms with Crippen LogP contribution in [0.15, 0.2) is 58.7 Å². The molecule has 1 atom stereocenters. The van der Waals surface area contributed by atoms with Crippen molar-refractivity contribution in [2.75, 3.05) is 37.5 Å². The SMILES string of the molecule is CN(c1cccc2cc(C3=NCC(CN4CC(O)C4)S3)[nH]c12)S(=O)(=O)c1ccccn1. The van der Waals surface area contributed by atoms with Gasteiger partial charge in [-0.25, -0.2) is 4.98 Å². The van der Waals surface area contributed by atoms with E-state index in [1.54, 1.807) is 37.0 Å². The molecule has 0 radical (unpaired) electrons. The van der Waals surface area contributed by atoms with Crippen LogP contribution in [0.25, 0.3) is 10.9 Å². The van der Waals surface area contributed by atoms with Gasteiger partial charge in [0.05, 0.1) is 29.5 Å². The number of benzene rings is 1. The fourth-order valence-electron chi connectivity index (χ4n) is 3.93. The van der Waals surface area contributed by atoms with Crippen LogP contribution in [0.1, 0.15) is 5.69 Å². The Hall–Kier alpha value is -2.40. The van der Waals surface area contributed by atoms with E-state index in [1.807, 2.05) is 18.2 Å². The second-order valence-corrected chi connectivity index (χ2v) is 11.0. The molecule has 8 nitrogen and oxygen atoms in total.